The molecule has 0 amide bonds. The summed E-state index contributed by atoms with van der Waals surface area (Å²) in [5.41, 5.74) is 0.509. The Kier molecular flexibility index (Phi) is 4.85. The van der Waals surface area contributed by atoms with Crippen LogP contribution >= 0.6 is 0 Å². The van der Waals surface area contributed by atoms with Gasteiger partial charge in [-0.05, 0) is 30.5 Å². The Hall–Kier alpha value is -3.02. The largest absolute Gasteiger partial charge is 0.508 e. The van der Waals surface area contributed by atoms with Crippen LogP contribution in [0, 0.1) is 0 Å². The summed E-state index contributed by atoms with van der Waals surface area (Å²) in [6.45, 7) is 4.81. The molecule has 23 heavy (non-hydrogen) atoms. The first-order valence-electron chi connectivity index (χ1n) is 6.84. The minimum atomic E-state index is -0.606. The minimum Gasteiger partial charge on any atom is -0.508 e. The Morgan fingerprint density at radius 3 is 2.48 bits per heavy atom. The molecule has 0 aliphatic carbocycles. The quantitative estimate of drug-likeness (QED) is 0.500. The van der Waals surface area contributed by atoms with Crippen molar-refractivity contribution >= 4 is 22.7 Å². The lowest BCUT2D eigenvalue weighted by Gasteiger charge is -2.08. The highest BCUT2D eigenvalue weighted by molar-refractivity contribution is 5.98. The predicted molar refractivity (Wildman–Crippen MR) is 83.3 cm³/mol. The molecular formula is C17H16O6. The molecule has 6 heteroatoms. The highest BCUT2D eigenvalue weighted by atomic mass is 16.6. The molecule has 0 aliphatic heterocycles. The zero-order valence-electron chi connectivity index (χ0n) is 12.5. The second-order valence-electron chi connectivity index (χ2n) is 4.95. The number of ether oxygens (including phenoxy) is 2. The first kappa shape index (κ1) is 16.4. The lowest BCUT2D eigenvalue weighted by atomic mass is 10.1. The fourth-order valence-electron chi connectivity index (χ4n) is 1.93. The van der Waals surface area contributed by atoms with Crippen LogP contribution in [0.2, 0.25) is 0 Å². The van der Waals surface area contributed by atoms with Gasteiger partial charge in [-0.15, -0.1) is 0 Å². The Balaban J connectivity index is 2.01. The zero-order valence-corrected chi connectivity index (χ0v) is 12.5. The van der Waals surface area contributed by atoms with Crippen LogP contribution in [0.1, 0.15) is 17.3 Å². The molecule has 0 radical (unpaired) electrons. The maximum Gasteiger partial charge on any atom is 0.338 e. The minimum absolute atomic E-state index is 0.0651. The number of fused-ring (bicyclic) bond motifs is 1. The average Bonchev–Trinajstić information content (AvgIpc) is 2.50. The number of phenols is 2. The van der Waals surface area contributed by atoms with Gasteiger partial charge < -0.3 is 19.7 Å². The molecule has 0 heterocycles. The van der Waals surface area contributed by atoms with Crippen molar-refractivity contribution in [3.63, 3.8) is 0 Å². The summed E-state index contributed by atoms with van der Waals surface area (Å²) in [5.74, 6) is -1.35. The highest BCUT2D eigenvalue weighted by Crippen LogP contribution is 2.30. The van der Waals surface area contributed by atoms with E-state index in [2.05, 4.69) is 6.58 Å². The van der Waals surface area contributed by atoms with E-state index in [1.54, 1.807) is 6.07 Å². The lowest BCUT2D eigenvalue weighted by Crippen LogP contribution is -2.14. The molecule has 0 saturated carbocycles. The number of phenolic OH excluding ortho intramolecular Hbond substituents is 2. The van der Waals surface area contributed by atoms with E-state index in [0.29, 0.717) is 10.8 Å². The average molecular weight is 316 g/mol. The van der Waals surface area contributed by atoms with Crippen LogP contribution in [0.5, 0.6) is 11.5 Å². The molecule has 0 bridgehead atoms. The first-order chi connectivity index (χ1) is 10.9. The molecule has 2 aromatic carbocycles. The molecule has 2 aromatic rings. The number of carbonyl (C=O) groups is 2. The molecule has 0 aromatic heterocycles. The topological polar surface area (TPSA) is 93.1 Å². The number of esters is 2. The van der Waals surface area contributed by atoms with Crippen LogP contribution in [0.25, 0.3) is 10.8 Å². The van der Waals surface area contributed by atoms with E-state index in [4.69, 9.17) is 9.47 Å². The maximum atomic E-state index is 11.9. The second-order valence-corrected chi connectivity index (χ2v) is 4.95. The van der Waals surface area contributed by atoms with E-state index in [9.17, 15) is 19.8 Å². The van der Waals surface area contributed by atoms with Gasteiger partial charge in [0, 0.05) is 17.0 Å². The van der Waals surface area contributed by atoms with Crippen LogP contribution in [-0.2, 0) is 14.3 Å². The van der Waals surface area contributed by atoms with Crippen LogP contribution < -0.4 is 0 Å². The molecule has 0 aliphatic rings. The van der Waals surface area contributed by atoms with E-state index in [1.807, 2.05) is 0 Å². The van der Waals surface area contributed by atoms with Crippen molar-refractivity contribution in [2.24, 2.45) is 0 Å². The Morgan fingerprint density at radius 2 is 1.78 bits per heavy atom. The predicted octanol–water partition coefficient (Wildman–Crippen LogP) is 2.53. The molecule has 0 fully saturated rings. The summed E-state index contributed by atoms with van der Waals surface area (Å²) in [4.78, 5) is 23.1. The summed E-state index contributed by atoms with van der Waals surface area (Å²) in [7, 11) is 0. The van der Waals surface area contributed by atoms with Gasteiger partial charge in [-0.2, -0.15) is 0 Å². The van der Waals surface area contributed by atoms with Crippen LogP contribution in [-0.4, -0.2) is 35.4 Å². The summed E-state index contributed by atoms with van der Waals surface area (Å²) >= 11 is 0. The Morgan fingerprint density at radius 1 is 1.09 bits per heavy atom. The Labute approximate surface area is 132 Å². The van der Waals surface area contributed by atoms with Crippen molar-refractivity contribution in [3.05, 3.63) is 48.0 Å². The Bertz CT molecular complexity index is 778. The van der Waals surface area contributed by atoms with E-state index >= 15 is 0 Å². The van der Waals surface area contributed by atoms with Gasteiger partial charge in [0.1, 0.15) is 24.7 Å². The molecule has 120 valence electrons. The molecule has 0 unspecified atom stereocenters. The van der Waals surface area contributed by atoms with Crippen molar-refractivity contribution in [1.29, 1.82) is 0 Å². The summed E-state index contributed by atoms with van der Waals surface area (Å²) in [5, 5.41) is 20.2. The monoisotopic (exact) mass is 316 g/mol. The van der Waals surface area contributed by atoms with Crippen LogP contribution in [0.4, 0.5) is 0 Å². The lowest BCUT2D eigenvalue weighted by molar-refractivity contribution is -0.140. The van der Waals surface area contributed by atoms with Gasteiger partial charge in [0.15, 0.2) is 0 Å². The standard InChI is InChI=1S/C17H16O6/c1-10(2)16(20)22-5-6-23-17(21)12-4-3-11-7-13(18)9-15(19)14(11)8-12/h3-4,7-9,18-19H,1,5-6H2,2H3. The number of carbonyl (C=O) groups excluding carboxylic acids is 2. The number of rotatable bonds is 5. The van der Waals surface area contributed by atoms with Crippen molar-refractivity contribution in [2.45, 2.75) is 6.92 Å². The third-order valence-corrected chi connectivity index (χ3v) is 3.05. The van der Waals surface area contributed by atoms with Crippen LogP contribution in [0.3, 0.4) is 0 Å². The van der Waals surface area contributed by atoms with Gasteiger partial charge in [0.25, 0.3) is 0 Å². The summed E-state index contributed by atoms with van der Waals surface area (Å²) in [6, 6.07) is 7.23. The second kappa shape index (κ2) is 6.83. The van der Waals surface area contributed by atoms with Gasteiger partial charge in [-0.3, -0.25) is 0 Å². The third kappa shape index (κ3) is 4.00. The summed E-state index contributed by atoms with van der Waals surface area (Å²) < 4.78 is 9.80. The van der Waals surface area contributed by atoms with Crippen molar-refractivity contribution in [1.82, 2.24) is 0 Å². The van der Waals surface area contributed by atoms with Crippen molar-refractivity contribution in [2.75, 3.05) is 13.2 Å². The fourth-order valence-corrected chi connectivity index (χ4v) is 1.93. The molecule has 2 N–H and O–H groups in total. The molecule has 0 spiro atoms. The maximum absolute atomic E-state index is 11.9. The molecule has 0 saturated heterocycles. The number of hydrogen-bond acceptors (Lipinski definition) is 6. The van der Waals surface area contributed by atoms with Gasteiger partial charge in [-0.1, -0.05) is 12.6 Å². The molecule has 2 rings (SSSR count). The normalized spacial score (nSPS) is 10.3. The SMILES string of the molecule is C=C(C)C(=O)OCCOC(=O)c1ccc2cc(O)cc(O)c2c1. The van der Waals surface area contributed by atoms with E-state index in [0.717, 1.165) is 0 Å². The van der Waals surface area contributed by atoms with Gasteiger partial charge in [0.2, 0.25) is 0 Å². The first-order valence-corrected chi connectivity index (χ1v) is 6.84. The molecular weight excluding hydrogens is 300 g/mol. The van der Waals surface area contributed by atoms with Gasteiger partial charge in [-0.25, -0.2) is 9.59 Å². The molecule has 0 atom stereocenters. The van der Waals surface area contributed by atoms with E-state index < -0.39 is 11.9 Å². The van der Waals surface area contributed by atoms with Crippen molar-refractivity contribution < 1.29 is 29.3 Å². The summed E-state index contributed by atoms with van der Waals surface area (Å²) in [6.07, 6.45) is 0. The fraction of sp³-hybridized carbons (Fsp3) is 0.176. The smallest absolute Gasteiger partial charge is 0.338 e. The van der Waals surface area contributed by atoms with Crippen LogP contribution in [0.15, 0.2) is 42.5 Å². The van der Waals surface area contributed by atoms with Gasteiger partial charge in [0.05, 0.1) is 5.56 Å². The van der Waals surface area contributed by atoms with E-state index in [-0.39, 0.29) is 35.8 Å². The van der Waals surface area contributed by atoms with Crippen molar-refractivity contribution in [3.8, 4) is 11.5 Å². The van der Waals surface area contributed by atoms with Gasteiger partial charge >= 0.3 is 11.9 Å². The number of aromatic hydroxyl groups is 2. The third-order valence-electron chi connectivity index (χ3n) is 3.05. The highest BCUT2D eigenvalue weighted by Gasteiger charge is 2.11. The zero-order chi connectivity index (χ0) is 17.0. The van der Waals surface area contributed by atoms with E-state index in [1.165, 1.54) is 31.2 Å². The number of hydrogen-bond donors (Lipinski definition) is 2. The number of benzene rings is 2. The molecule has 6 nitrogen and oxygen atoms in total.